The van der Waals surface area contributed by atoms with Gasteiger partial charge in [-0.1, -0.05) is 6.07 Å². The Bertz CT molecular complexity index is 295. The van der Waals surface area contributed by atoms with Crippen LogP contribution in [0.25, 0.3) is 0 Å². The zero-order valence-corrected chi connectivity index (χ0v) is 6.39. The van der Waals surface area contributed by atoms with Gasteiger partial charge in [0, 0.05) is 12.5 Å². The summed E-state index contributed by atoms with van der Waals surface area (Å²) in [7, 11) is 0. The largest absolute Gasteiger partial charge is 0.373 e. The summed E-state index contributed by atoms with van der Waals surface area (Å²) < 4.78 is 30.3. The lowest BCUT2D eigenvalue weighted by Gasteiger charge is -1.99. The maximum absolute atomic E-state index is 12.9. The Balaban J connectivity index is 2.18. The van der Waals surface area contributed by atoms with Crippen LogP contribution in [0.3, 0.4) is 0 Å². The van der Waals surface area contributed by atoms with E-state index in [9.17, 15) is 8.78 Å². The minimum atomic E-state index is -0.534. The molecule has 1 nitrogen and oxygen atoms in total. The average Bonchev–Trinajstić information content (AvgIpc) is 2.79. The Morgan fingerprint density at radius 2 is 2.17 bits per heavy atom. The molecule has 2 rings (SSSR count). The summed E-state index contributed by atoms with van der Waals surface area (Å²) in [5, 5.41) is 0. The molecule has 12 heavy (non-hydrogen) atoms. The smallest absolute Gasteiger partial charge is 0.129 e. The van der Waals surface area contributed by atoms with Gasteiger partial charge in [0.2, 0.25) is 0 Å². The minimum absolute atomic E-state index is 0.143. The normalized spacial score (nSPS) is 21.0. The Kier molecular flexibility index (Phi) is 1.81. The van der Waals surface area contributed by atoms with E-state index < -0.39 is 11.6 Å². The lowest BCUT2D eigenvalue weighted by Crippen LogP contribution is -1.96. The summed E-state index contributed by atoms with van der Waals surface area (Å²) in [6.45, 7) is 0.691. The van der Waals surface area contributed by atoms with E-state index in [4.69, 9.17) is 4.74 Å². The molecule has 1 aromatic rings. The SMILES string of the molecule is Fc1ccc(CC2CO2)c(F)c1. The molecule has 1 fully saturated rings. The molecule has 0 aromatic heterocycles. The van der Waals surface area contributed by atoms with Crippen LogP contribution in [0.4, 0.5) is 8.78 Å². The fraction of sp³-hybridized carbons (Fsp3) is 0.333. The second kappa shape index (κ2) is 2.83. The predicted octanol–water partition coefficient (Wildman–Crippen LogP) is 1.91. The second-order valence-electron chi connectivity index (χ2n) is 2.90. The van der Waals surface area contributed by atoms with Crippen molar-refractivity contribution in [3.63, 3.8) is 0 Å². The van der Waals surface area contributed by atoms with Crippen molar-refractivity contribution in [3.05, 3.63) is 35.4 Å². The molecule has 0 spiro atoms. The van der Waals surface area contributed by atoms with Crippen molar-refractivity contribution >= 4 is 0 Å². The summed E-state index contributed by atoms with van der Waals surface area (Å²) in [6, 6.07) is 3.63. The first-order valence-electron chi connectivity index (χ1n) is 3.81. The molecule has 1 aliphatic heterocycles. The first kappa shape index (κ1) is 7.68. The number of halogens is 2. The number of hydrogen-bond donors (Lipinski definition) is 0. The molecule has 1 heterocycles. The standard InChI is InChI=1S/C9H8F2O/c10-7-2-1-6(9(11)4-7)3-8-5-12-8/h1-2,4,8H,3,5H2. The molecule has 1 unspecified atom stereocenters. The molecular formula is C9H8F2O. The predicted molar refractivity (Wildman–Crippen MR) is 39.8 cm³/mol. The quantitative estimate of drug-likeness (QED) is 0.617. The first-order valence-corrected chi connectivity index (χ1v) is 3.81. The van der Waals surface area contributed by atoms with Gasteiger partial charge < -0.3 is 4.74 Å². The highest BCUT2D eigenvalue weighted by molar-refractivity contribution is 5.19. The van der Waals surface area contributed by atoms with Crippen LogP contribution < -0.4 is 0 Å². The van der Waals surface area contributed by atoms with Crippen LogP contribution in [0.15, 0.2) is 18.2 Å². The van der Waals surface area contributed by atoms with Gasteiger partial charge in [-0.2, -0.15) is 0 Å². The van der Waals surface area contributed by atoms with Gasteiger partial charge in [0.1, 0.15) is 11.6 Å². The second-order valence-corrected chi connectivity index (χ2v) is 2.90. The molecule has 0 aliphatic carbocycles. The molecular weight excluding hydrogens is 162 g/mol. The molecule has 1 aromatic carbocycles. The third kappa shape index (κ3) is 1.61. The molecule has 0 radical (unpaired) electrons. The molecule has 0 bridgehead atoms. The van der Waals surface area contributed by atoms with Crippen molar-refractivity contribution in [1.29, 1.82) is 0 Å². The van der Waals surface area contributed by atoms with Crippen LogP contribution in [0.1, 0.15) is 5.56 Å². The van der Waals surface area contributed by atoms with Crippen molar-refractivity contribution in [3.8, 4) is 0 Å². The van der Waals surface area contributed by atoms with Crippen molar-refractivity contribution < 1.29 is 13.5 Å². The Morgan fingerprint density at radius 3 is 2.75 bits per heavy atom. The third-order valence-corrected chi connectivity index (χ3v) is 1.87. The van der Waals surface area contributed by atoms with Crippen LogP contribution in [0, 0.1) is 11.6 Å². The van der Waals surface area contributed by atoms with E-state index >= 15 is 0 Å². The van der Waals surface area contributed by atoms with Crippen LogP contribution in [-0.2, 0) is 11.2 Å². The van der Waals surface area contributed by atoms with Crippen molar-refractivity contribution in [2.75, 3.05) is 6.61 Å². The van der Waals surface area contributed by atoms with E-state index in [-0.39, 0.29) is 6.10 Å². The van der Waals surface area contributed by atoms with E-state index in [0.29, 0.717) is 18.6 Å². The number of epoxide rings is 1. The highest BCUT2D eigenvalue weighted by Crippen LogP contribution is 2.18. The van der Waals surface area contributed by atoms with Crippen LogP contribution >= 0.6 is 0 Å². The number of rotatable bonds is 2. The molecule has 0 amide bonds. The van der Waals surface area contributed by atoms with Gasteiger partial charge in [-0.15, -0.1) is 0 Å². The van der Waals surface area contributed by atoms with Crippen molar-refractivity contribution in [2.45, 2.75) is 12.5 Å². The molecule has 1 saturated heterocycles. The maximum Gasteiger partial charge on any atom is 0.129 e. The summed E-state index contributed by atoms with van der Waals surface area (Å²) in [5.41, 5.74) is 0.527. The molecule has 64 valence electrons. The van der Waals surface area contributed by atoms with Gasteiger partial charge >= 0.3 is 0 Å². The molecule has 1 atom stereocenters. The summed E-state index contributed by atoms with van der Waals surface area (Å²) in [6.07, 6.45) is 0.691. The van der Waals surface area contributed by atoms with Gasteiger partial charge in [0.25, 0.3) is 0 Å². The van der Waals surface area contributed by atoms with Gasteiger partial charge in [-0.3, -0.25) is 0 Å². The lowest BCUT2D eigenvalue weighted by molar-refractivity contribution is 0.404. The summed E-state index contributed by atoms with van der Waals surface area (Å²) in [4.78, 5) is 0. The van der Waals surface area contributed by atoms with E-state index in [1.165, 1.54) is 12.1 Å². The monoisotopic (exact) mass is 170 g/mol. The van der Waals surface area contributed by atoms with Crippen molar-refractivity contribution in [2.24, 2.45) is 0 Å². The molecule has 0 N–H and O–H groups in total. The Labute approximate surface area is 69.0 Å². The highest BCUT2D eigenvalue weighted by Gasteiger charge is 2.23. The van der Waals surface area contributed by atoms with E-state index in [0.717, 1.165) is 6.07 Å². The first-order chi connectivity index (χ1) is 5.75. The van der Waals surface area contributed by atoms with E-state index in [1.807, 2.05) is 0 Å². The van der Waals surface area contributed by atoms with Gasteiger partial charge in [-0.25, -0.2) is 8.78 Å². The number of benzene rings is 1. The summed E-state index contributed by atoms with van der Waals surface area (Å²) in [5.74, 6) is -1.02. The highest BCUT2D eigenvalue weighted by atomic mass is 19.1. The van der Waals surface area contributed by atoms with Gasteiger partial charge in [0.05, 0.1) is 12.7 Å². The fourth-order valence-corrected chi connectivity index (χ4v) is 1.12. The lowest BCUT2D eigenvalue weighted by atomic mass is 10.1. The van der Waals surface area contributed by atoms with Crippen LogP contribution in [-0.4, -0.2) is 12.7 Å². The molecule has 0 saturated carbocycles. The van der Waals surface area contributed by atoms with E-state index in [1.54, 1.807) is 0 Å². The average molecular weight is 170 g/mol. The van der Waals surface area contributed by atoms with E-state index in [2.05, 4.69) is 0 Å². The zero-order valence-electron chi connectivity index (χ0n) is 6.39. The zero-order chi connectivity index (χ0) is 8.55. The van der Waals surface area contributed by atoms with Crippen LogP contribution in [0.2, 0.25) is 0 Å². The van der Waals surface area contributed by atoms with Gasteiger partial charge in [0.15, 0.2) is 0 Å². The third-order valence-electron chi connectivity index (χ3n) is 1.87. The maximum atomic E-state index is 12.9. The molecule has 1 aliphatic rings. The van der Waals surface area contributed by atoms with Gasteiger partial charge in [-0.05, 0) is 11.6 Å². The topological polar surface area (TPSA) is 12.5 Å². The number of hydrogen-bond acceptors (Lipinski definition) is 1. The fourth-order valence-electron chi connectivity index (χ4n) is 1.12. The number of ether oxygens (including phenoxy) is 1. The minimum Gasteiger partial charge on any atom is -0.373 e. The van der Waals surface area contributed by atoms with Crippen molar-refractivity contribution in [1.82, 2.24) is 0 Å². The van der Waals surface area contributed by atoms with Crippen LogP contribution in [0.5, 0.6) is 0 Å². The Hall–Kier alpha value is -0.960. The Morgan fingerprint density at radius 1 is 1.42 bits per heavy atom. The summed E-state index contributed by atoms with van der Waals surface area (Å²) >= 11 is 0. The molecule has 3 heteroatoms.